The molecule has 2 aromatic carbocycles. The summed E-state index contributed by atoms with van der Waals surface area (Å²) in [5.41, 5.74) is 3.13. The van der Waals surface area contributed by atoms with Crippen molar-refractivity contribution >= 4 is 21.6 Å². The second-order valence-corrected chi connectivity index (χ2v) is 8.17. The van der Waals surface area contributed by atoms with Gasteiger partial charge in [0.25, 0.3) is 5.91 Å². The first-order valence-corrected chi connectivity index (χ1v) is 10.2. The van der Waals surface area contributed by atoms with Gasteiger partial charge in [0.15, 0.2) is 0 Å². The molecule has 3 rings (SSSR count). The third-order valence-corrected chi connectivity index (χ3v) is 5.88. The average molecular weight is 395 g/mol. The molecule has 0 bridgehead atoms. The Morgan fingerprint density at radius 2 is 1.75 bits per heavy atom. The van der Waals surface area contributed by atoms with Gasteiger partial charge in [-0.15, -0.1) is 0 Å². The maximum Gasteiger partial charge on any atom is 0.255 e. The van der Waals surface area contributed by atoms with Gasteiger partial charge in [0.05, 0.1) is 16.8 Å². The summed E-state index contributed by atoms with van der Waals surface area (Å²) in [5, 5.41) is 2.77. The predicted molar refractivity (Wildman–Crippen MR) is 109 cm³/mol. The normalized spacial score (nSPS) is 11.2. The van der Waals surface area contributed by atoms with Crippen molar-refractivity contribution in [2.75, 3.05) is 5.32 Å². The Bertz CT molecular complexity index is 1100. The van der Waals surface area contributed by atoms with E-state index in [0.717, 1.165) is 11.1 Å². The topological polar surface area (TPSA) is 88.2 Å². The summed E-state index contributed by atoms with van der Waals surface area (Å²) < 4.78 is 28.1. The summed E-state index contributed by atoms with van der Waals surface area (Å²) in [6.45, 7) is 3.73. The Morgan fingerprint density at radius 3 is 2.46 bits per heavy atom. The van der Waals surface area contributed by atoms with Crippen molar-refractivity contribution in [1.82, 2.24) is 9.71 Å². The zero-order valence-electron chi connectivity index (χ0n) is 15.6. The largest absolute Gasteiger partial charge is 0.320 e. The fourth-order valence-corrected chi connectivity index (χ4v) is 3.96. The molecule has 6 nitrogen and oxygen atoms in total. The quantitative estimate of drug-likeness (QED) is 0.669. The zero-order chi connectivity index (χ0) is 20.1. The third-order valence-electron chi connectivity index (χ3n) is 4.34. The maximum absolute atomic E-state index is 12.8. The number of benzene rings is 2. The van der Waals surface area contributed by atoms with Crippen molar-refractivity contribution in [2.24, 2.45) is 0 Å². The van der Waals surface area contributed by atoms with E-state index in [0.29, 0.717) is 11.3 Å². The number of carbonyl (C=O) groups excluding carboxylic acids is 1. The highest BCUT2D eigenvalue weighted by molar-refractivity contribution is 7.89. The van der Waals surface area contributed by atoms with E-state index < -0.39 is 15.9 Å². The lowest BCUT2D eigenvalue weighted by Gasteiger charge is -2.12. The van der Waals surface area contributed by atoms with Crippen LogP contribution < -0.4 is 10.0 Å². The van der Waals surface area contributed by atoms with Crippen molar-refractivity contribution < 1.29 is 13.2 Å². The number of hydrogen-bond acceptors (Lipinski definition) is 4. The van der Waals surface area contributed by atoms with Gasteiger partial charge in [-0.2, -0.15) is 0 Å². The van der Waals surface area contributed by atoms with Crippen LogP contribution in [0, 0.1) is 13.8 Å². The summed E-state index contributed by atoms with van der Waals surface area (Å²) in [7, 11) is -3.77. The first-order chi connectivity index (χ1) is 13.4. The lowest BCUT2D eigenvalue weighted by Crippen LogP contribution is -2.24. The van der Waals surface area contributed by atoms with Gasteiger partial charge in [-0.05, 0) is 48.7 Å². The highest BCUT2D eigenvalue weighted by Crippen LogP contribution is 2.19. The van der Waals surface area contributed by atoms with Gasteiger partial charge < -0.3 is 5.32 Å². The number of aryl methyl sites for hydroxylation is 2. The molecule has 144 valence electrons. The number of pyridine rings is 1. The van der Waals surface area contributed by atoms with Crippen LogP contribution in [0.2, 0.25) is 0 Å². The first-order valence-electron chi connectivity index (χ1n) is 8.73. The van der Waals surface area contributed by atoms with Crippen molar-refractivity contribution in [3.63, 3.8) is 0 Å². The van der Waals surface area contributed by atoms with E-state index in [4.69, 9.17) is 0 Å². The molecule has 2 N–H and O–H groups in total. The molecule has 0 radical (unpaired) electrons. The number of carbonyl (C=O) groups is 1. The summed E-state index contributed by atoms with van der Waals surface area (Å²) in [6, 6.07) is 15.7. The smallest absolute Gasteiger partial charge is 0.255 e. The van der Waals surface area contributed by atoms with Crippen molar-refractivity contribution in [3.8, 4) is 0 Å². The second kappa shape index (κ2) is 8.33. The number of nitrogens with one attached hydrogen (secondary N) is 2. The molecule has 0 unspecified atom stereocenters. The van der Waals surface area contributed by atoms with E-state index in [-0.39, 0.29) is 17.0 Å². The minimum Gasteiger partial charge on any atom is -0.320 e. The summed E-state index contributed by atoms with van der Waals surface area (Å²) >= 11 is 0. The molecule has 7 heteroatoms. The number of anilines is 1. The third kappa shape index (κ3) is 4.62. The lowest BCUT2D eigenvalue weighted by atomic mass is 10.1. The van der Waals surface area contributed by atoms with Crippen LogP contribution in [0.1, 0.15) is 27.0 Å². The Kier molecular flexibility index (Phi) is 5.87. The fraction of sp³-hybridized carbons (Fsp3) is 0.143. The number of hydrogen-bond donors (Lipinski definition) is 2. The van der Waals surface area contributed by atoms with Crippen LogP contribution in [-0.2, 0) is 16.6 Å². The van der Waals surface area contributed by atoms with E-state index >= 15 is 0 Å². The molecule has 0 aliphatic rings. The monoisotopic (exact) mass is 395 g/mol. The SMILES string of the molecule is Cc1ccncc1NC(=O)c1ccc(C)c(S(=O)(=O)NCc2ccccc2)c1. The maximum atomic E-state index is 12.8. The van der Waals surface area contributed by atoms with E-state index in [1.165, 1.54) is 6.07 Å². The van der Waals surface area contributed by atoms with Gasteiger partial charge in [0.1, 0.15) is 0 Å². The Hall–Kier alpha value is -3.03. The highest BCUT2D eigenvalue weighted by atomic mass is 32.2. The van der Waals surface area contributed by atoms with Crippen molar-refractivity contribution in [2.45, 2.75) is 25.3 Å². The molecule has 1 heterocycles. The second-order valence-electron chi connectivity index (χ2n) is 6.44. The van der Waals surface area contributed by atoms with Crippen molar-refractivity contribution in [3.05, 3.63) is 89.2 Å². The lowest BCUT2D eigenvalue weighted by molar-refractivity contribution is 0.102. The van der Waals surface area contributed by atoms with Crippen LogP contribution in [0.5, 0.6) is 0 Å². The molecule has 0 saturated heterocycles. The zero-order valence-corrected chi connectivity index (χ0v) is 16.5. The Morgan fingerprint density at radius 1 is 1.00 bits per heavy atom. The number of amides is 1. The summed E-state index contributed by atoms with van der Waals surface area (Å²) in [5.74, 6) is -0.393. The van der Waals surface area contributed by atoms with E-state index in [1.54, 1.807) is 37.5 Å². The number of sulfonamides is 1. The molecular weight excluding hydrogens is 374 g/mol. The Labute approximate surface area is 164 Å². The molecular formula is C21H21N3O3S. The van der Waals surface area contributed by atoms with Crippen LogP contribution in [-0.4, -0.2) is 19.3 Å². The minimum absolute atomic E-state index is 0.0824. The highest BCUT2D eigenvalue weighted by Gasteiger charge is 2.19. The summed E-state index contributed by atoms with van der Waals surface area (Å²) in [4.78, 5) is 16.7. The molecule has 0 aliphatic heterocycles. The van der Waals surface area contributed by atoms with Crippen LogP contribution >= 0.6 is 0 Å². The number of nitrogens with zero attached hydrogens (tertiary/aromatic N) is 1. The first kappa shape index (κ1) is 19.7. The molecule has 0 spiro atoms. The minimum atomic E-state index is -3.77. The van der Waals surface area contributed by atoms with Gasteiger partial charge in [-0.1, -0.05) is 36.4 Å². The molecule has 0 fully saturated rings. The van der Waals surface area contributed by atoms with Gasteiger partial charge in [0, 0.05) is 18.3 Å². The standard InChI is InChI=1S/C21H21N3O3S/c1-15-10-11-22-14-19(15)24-21(25)18-9-8-16(2)20(12-18)28(26,27)23-13-17-6-4-3-5-7-17/h3-12,14,23H,13H2,1-2H3,(H,24,25). The molecule has 0 saturated carbocycles. The van der Waals surface area contributed by atoms with E-state index in [9.17, 15) is 13.2 Å². The van der Waals surface area contributed by atoms with Gasteiger partial charge >= 0.3 is 0 Å². The average Bonchev–Trinajstić information content (AvgIpc) is 2.69. The molecule has 28 heavy (non-hydrogen) atoms. The van der Waals surface area contributed by atoms with Crippen LogP contribution in [0.4, 0.5) is 5.69 Å². The van der Waals surface area contributed by atoms with Gasteiger partial charge in [-0.25, -0.2) is 13.1 Å². The van der Waals surface area contributed by atoms with Crippen molar-refractivity contribution in [1.29, 1.82) is 0 Å². The number of aromatic nitrogens is 1. The van der Waals surface area contributed by atoms with Crippen LogP contribution in [0.15, 0.2) is 71.9 Å². The van der Waals surface area contributed by atoms with Crippen LogP contribution in [0.3, 0.4) is 0 Å². The van der Waals surface area contributed by atoms with E-state index in [1.807, 2.05) is 37.3 Å². The van der Waals surface area contributed by atoms with Gasteiger partial charge in [0.2, 0.25) is 10.0 Å². The van der Waals surface area contributed by atoms with E-state index in [2.05, 4.69) is 15.0 Å². The Balaban J connectivity index is 1.82. The molecule has 3 aromatic rings. The molecule has 1 aromatic heterocycles. The molecule has 1 amide bonds. The predicted octanol–water partition coefficient (Wildman–Crippen LogP) is 3.43. The summed E-state index contributed by atoms with van der Waals surface area (Å²) in [6.07, 6.45) is 3.19. The van der Waals surface area contributed by atoms with Gasteiger partial charge in [-0.3, -0.25) is 9.78 Å². The molecule has 0 aliphatic carbocycles. The number of rotatable bonds is 6. The fourth-order valence-electron chi connectivity index (χ4n) is 2.67. The van der Waals surface area contributed by atoms with Crippen LogP contribution in [0.25, 0.3) is 0 Å². The molecule has 0 atom stereocenters.